The number of carbonyl (C=O) groups is 1. The Labute approximate surface area is 183 Å². The maximum atomic E-state index is 13.3. The Balaban J connectivity index is 1.61. The molecular weight excluding hydrogens is 388 g/mol. The van der Waals surface area contributed by atoms with E-state index in [4.69, 9.17) is 9.47 Å². The maximum absolute atomic E-state index is 13.3. The van der Waals surface area contributed by atoms with Crippen molar-refractivity contribution in [3.63, 3.8) is 0 Å². The molecule has 0 bridgehead atoms. The van der Waals surface area contributed by atoms with Crippen molar-refractivity contribution in [2.45, 2.75) is 32.8 Å². The zero-order chi connectivity index (χ0) is 21.8. The molecule has 3 aromatic carbocycles. The summed E-state index contributed by atoms with van der Waals surface area (Å²) in [5.74, 6) is 1.51. The van der Waals surface area contributed by atoms with Crippen LogP contribution >= 0.6 is 0 Å². The summed E-state index contributed by atoms with van der Waals surface area (Å²) in [4.78, 5) is 13.3. The Hall–Kier alpha value is -3.47. The molecule has 1 atom stereocenters. The Kier molecular flexibility index (Phi) is 6.12. The summed E-state index contributed by atoms with van der Waals surface area (Å²) in [5.41, 5.74) is 5.53. The monoisotopic (exact) mass is 416 g/mol. The molecule has 1 aliphatic heterocycles. The highest BCUT2D eigenvalue weighted by Crippen LogP contribution is 2.36. The van der Waals surface area contributed by atoms with Gasteiger partial charge in [0, 0.05) is 12.6 Å². The van der Waals surface area contributed by atoms with Gasteiger partial charge < -0.3 is 20.1 Å². The van der Waals surface area contributed by atoms with E-state index < -0.39 is 0 Å². The molecule has 0 spiro atoms. The number of hydrogen-bond acceptors (Lipinski definition) is 4. The minimum absolute atomic E-state index is 0.156. The van der Waals surface area contributed by atoms with Crippen molar-refractivity contribution in [1.82, 2.24) is 0 Å². The van der Waals surface area contributed by atoms with E-state index >= 15 is 0 Å². The number of amides is 1. The van der Waals surface area contributed by atoms with Crippen molar-refractivity contribution in [1.29, 1.82) is 0 Å². The number of carbonyl (C=O) groups excluding carboxylic acids is 1. The van der Waals surface area contributed by atoms with Gasteiger partial charge >= 0.3 is 0 Å². The number of rotatable bonds is 6. The molecule has 2 N–H and O–H groups in total. The first-order valence-electron chi connectivity index (χ1n) is 10.6. The third kappa shape index (κ3) is 4.66. The van der Waals surface area contributed by atoms with E-state index in [2.05, 4.69) is 23.6 Å². The van der Waals surface area contributed by atoms with E-state index in [1.54, 1.807) is 13.2 Å². The fourth-order valence-electron chi connectivity index (χ4n) is 3.93. The zero-order valence-corrected chi connectivity index (χ0v) is 18.2. The molecule has 5 nitrogen and oxygen atoms in total. The largest absolute Gasteiger partial charge is 0.497 e. The summed E-state index contributed by atoms with van der Waals surface area (Å²) in [6, 6.07) is 19.5. The van der Waals surface area contributed by atoms with Gasteiger partial charge in [-0.1, -0.05) is 43.3 Å². The number of hydrogen-bond donors (Lipinski definition) is 2. The average molecular weight is 417 g/mol. The minimum Gasteiger partial charge on any atom is -0.497 e. The Morgan fingerprint density at radius 2 is 1.94 bits per heavy atom. The van der Waals surface area contributed by atoms with Crippen molar-refractivity contribution in [3.05, 3.63) is 82.9 Å². The number of anilines is 2. The van der Waals surface area contributed by atoms with Gasteiger partial charge in [0.25, 0.3) is 5.91 Å². The van der Waals surface area contributed by atoms with Crippen LogP contribution in [0.3, 0.4) is 0 Å². The second-order valence-corrected chi connectivity index (χ2v) is 7.98. The van der Waals surface area contributed by atoms with Crippen molar-refractivity contribution in [2.24, 2.45) is 0 Å². The number of nitrogens with one attached hydrogen (secondary N) is 2. The molecule has 4 rings (SSSR count). The molecule has 0 radical (unpaired) electrons. The molecule has 0 saturated carbocycles. The van der Waals surface area contributed by atoms with Crippen LogP contribution in [-0.4, -0.2) is 19.6 Å². The smallest absolute Gasteiger partial charge is 0.257 e. The summed E-state index contributed by atoms with van der Waals surface area (Å²) in [7, 11) is 1.61. The van der Waals surface area contributed by atoms with Gasteiger partial charge in [-0.25, -0.2) is 0 Å². The summed E-state index contributed by atoms with van der Waals surface area (Å²) in [6.45, 7) is 5.50. The number of ether oxygens (including phenoxy) is 2. The van der Waals surface area contributed by atoms with Gasteiger partial charge in [-0.3, -0.25) is 4.79 Å². The second-order valence-electron chi connectivity index (χ2n) is 7.98. The summed E-state index contributed by atoms with van der Waals surface area (Å²) in [5, 5.41) is 6.47. The van der Waals surface area contributed by atoms with Gasteiger partial charge in [0.05, 0.1) is 24.0 Å². The van der Waals surface area contributed by atoms with Crippen LogP contribution in [0.4, 0.5) is 11.4 Å². The number of aryl methyl sites for hydroxylation is 1. The lowest BCUT2D eigenvalue weighted by molar-refractivity contribution is 0.102. The van der Waals surface area contributed by atoms with E-state index in [-0.39, 0.29) is 5.91 Å². The van der Waals surface area contributed by atoms with E-state index in [9.17, 15) is 4.79 Å². The standard InChI is InChI=1S/C26H28N2O3/c1-17-13-21-18(2)11-12-27-25(21)22(14-17)26(29)28-23-10-9-20(30-3)15-24(23)31-16-19-7-5-4-6-8-19/h4-10,13-15,18,27H,11-12,16H2,1-3H3,(H,28,29). The average Bonchev–Trinajstić information content (AvgIpc) is 2.79. The van der Waals surface area contributed by atoms with Crippen LogP contribution in [0.15, 0.2) is 60.7 Å². The molecular formula is C26H28N2O3. The van der Waals surface area contributed by atoms with Crippen LogP contribution in [-0.2, 0) is 6.61 Å². The van der Waals surface area contributed by atoms with Gasteiger partial charge in [-0.2, -0.15) is 0 Å². The molecule has 1 amide bonds. The number of methoxy groups -OCH3 is 1. The van der Waals surface area contributed by atoms with Gasteiger partial charge in [0.2, 0.25) is 0 Å². The molecule has 1 heterocycles. The molecule has 0 fully saturated rings. The van der Waals surface area contributed by atoms with Crippen LogP contribution in [0.1, 0.15) is 46.3 Å². The molecule has 0 aliphatic carbocycles. The second kappa shape index (κ2) is 9.13. The number of fused-ring (bicyclic) bond motifs is 1. The first-order valence-corrected chi connectivity index (χ1v) is 10.6. The first-order chi connectivity index (χ1) is 15.0. The molecule has 1 aliphatic rings. The normalized spacial score (nSPS) is 14.9. The zero-order valence-electron chi connectivity index (χ0n) is 18.2. The topological polar surface area (TPSA) is 59.6 Å². The van der Waals surface area contributed by atoms with Gasteiger partial charge in [0.1, 0.15) is 18.1 Å². The highest BCUT2D eigenvalue weighted by Gasteiger charge is 2.23. The summed E-state index contributed by atoms with van der Waals surface area (Å²) < 4.78 is 11.4. The maximum Gasteiger partial charge on any atom is 0.257 e. The van der Waals surface area contributed by atoms with Crippen LogP contribution in [0.25, 0.3) is 0 Å². The Morgan fingerprint density at radius 1 is 1.13 bits per heavy atom. The summed E-state index contributed by atoms with van der Waals surface area (Å²) in [6.07, 6.45) is 1.06. The molecule has 5 heteroatoms. The van der Waals surface area contributed by atoms with Gasteiger partial charge in [-0.15, -0.1) is 0 Å². The molecule has 31 heavy (non-hydrogen) atoms. The molecule has 0 saturated heterocycles. The van der Waals surface area contributed by atoms with Crippen molar-refractivity contribution in [2.75, 3.05) is 24.3 Å². The van der Waals surface area contributed by atoms with E-state index in [1.807, 2.05) is 55.5 Å². The summed E-state index contributed by atoms with van der Waals surface area (Å²) >= 11 is 0. The van der Waals surface area contributed by atoms with Crippen molar-refractivity contribution in [3.8, 4) is 11.5 Å². The van der Waals surface area contributed by atoms with Gasteiger partial charge in [0.15, 0.2) is 0 Å². The third-order valence-electron chi connectivity index (χ3n) is 5.64. The molecule has 3 aromatic rings. The van der Waals surface area contributed by atoms with Gasteiger partial charge in [-0.05, 0) is 54.2 Å². The lowest BCUT2D eigenvalue weighted by atomic mass is 9.89. The fraction of sp³-hybridized carbons (Fsp3) is 0.269. The minimum atomic E-state index is -0.156. The molecule has 0 aromatic heterocycles. The lowest BCUT2D eigenvalue weighted by Crippen LogP contribution is -2.21. The van der Waals surface area contributed by atoms with E-state index in [1.165, 1.54) is 5.56 Å². The quantitative estimate of drug-likeness (QED) is 0.537. The highest BCUT2D eigenvalue weighted by atomic mass is 16.5. The van der Waals surface area contributed by atoms with E-state index in [0.717, 1.165) is 29.8 Å². The molecule has 1 unspecified atom stereocenters. The van der Waals surface area contributed by atoms with Crippen LogP contribution in [0, 0.1) is 6.92 Å². The predicted molar refractivity (Wildman–Crippen MR) is 124 cm³/mol. The van der Waals surface area contributed by atoms with Crippen molar-refractivity contribution < 1.29 is 14.3 Å². The Morgan fingerprint density at radius 3 is 2.71 bits per heavy atom. The van der Waals surface area contributed by atoms with Crippen LogP contribution < -0.4 is 20.1 Å². The Bertz CT molecular complexity index is 1080. The number of benzene rings is 3. The highest BCUT2D eigenvalue weighted by molar-refractivity contribution is 6.09. The van der Waals surface area contributed by atoms with Crippen molar-refractivity contribution >= 4 is 17.3 Å². The predicted octanol–water partition coefficient (Wildman–Crippen LogP) is 5.75. The third-order valence-corrected chi connectivity index (χ3v) is 5.64. The SMILES string of the molecule is COc1ccc(NC(=O)c2cc(C)cc3c2NCCC3C)c(OCc2ccccc2)c1. The molecule has 160 valence electrons. The van der Waals surface area contributed by atoms with Crippen LogP contribution in [0.2, 0.25) is 0 Å². The fourth-order valence-corrected chi connectivity index (χ4v) is 3.93. The first kappa shape index (κ1) is 20.8. The van der Waals surface area contributed by atoms with E-state index in [0.29, 0.717) is 35.3 Å². The lowest BCUT2D eigenvalue weighted by Gasteiger charge is -2.26. The van der Waals surface area contributed by atoms with Crippen LogP contribution in [0.5, 0.6) is 11.5 Å².